The van der Waals surface area contributed by atoms with Crippen LogP contribution in [0.3, 0.4) is 0 Å². The van der Waals surface area contributed by atoms with Crippen LogP contribution in [0.4, 0.5) is 17.5 Å². The maximum atomic E-state index is 13.1. The lowest BCUT2D eigenvalue weighted by molar-refractivity contribution is 0.274. The topological polar surface area (TPSA) is 118 Å². The Morgan fingerprint density at radius 2 is 1.82 bits per heavy atom. The van der Waals surface area contributed by atoms with Crippen molar-refractivity contribution in [2.45, 2.75) is 39.8 Å². The van der Waals surface area contributed by atoms with Crippen LogP contribution in [0.1, 0.15) is 26.6 Å². The number of hydrogen-bond donors (Lipinski definition) is 3. The second-order valence-corrected chi connectivity index (χ2v) is 8.78. The molecule has 9 nitrogen and oxygen atoms in total. The third kappa shape index (κ3) is 5.15. The highest BCUT2D eigenvalue weighted by Crippen LogP contribution is 2.27. The fourth-order valence-electron chi connectivity index (χ4n) is 3.50. The summed E-state index contributed by atoms with van der Waals surface area (Å²) in [7, 11) is 0. The van der Waals surface area contributed by atoms with Crippen LogP contribution in [0.15, 0.2) is 53.7 Å². The van der Waals surface area contributed by atoms with Crippen molar-refractivity contribution >= 4 is 28.2 Å². The summed E-state index contributed by atoms with van der Waals surface area (Å²) in [5.74, 6) is 2.32. The summed E-state index contributed by atoms with van der Waals surface area (Å²) >= 11 is 0. The van der Waals surface area contributed by atoms with E-state index >= 15 is 0 Å². The zero-order valence-corrected chi connectivity index (χ0v) is 19.1. The van der Waals surface area contributed by atoms with Gasteiger partial charge in [0, 0.05) is 36.2 Å². The molecule has 4 rings (SSSR count). The average molecular weight is 446 g/mol. The van der Waals surface area contributed by atoms with Crippen molar-refractivity contribution in [2.24, 2.45) is 0 Å². The molecule has 0 aliphatic carbocycles. The first-order valence-corrected chi connectivity index (χ1v) is 10.7. The van der Waals surface area contributed by atoms with Crippen molar-refractivity contribution in [3.63, 3.8) is 0 Å². The molecule has 0 atom stereocenters. The van der Waals surface area contributed by atoms with Gasteiger partial charge < -0.3 is 20.3 Å². The molecule has 4 aromatic rings. The molecule has 0 saturated carbocycles. The van der Waals surface area contributed by atoms with Crippen LogP contribution in [0.5, 0.6) is 0 Å². The highest BCUT2D eigenvalue weighted by Gasteiger charge is 2.17. The minimum Gasteiger partial charge on any atom is -0.395 e. The van der Waals surface area contributed by atoms with Crippen molar-refractivity contribution in [1.29, 1.82) is 0 Å². The zero-order chi connectivity index (χ0) is 23.6. The largest absolute Gasteiger partial charge is 0.395 e. The van der Waals surface area contributed by atoms with Crippen LogP contribution >= 0.6 is 0 Å². The Hall–Kier alpha value is -3.85. The number of aliphatic hydroxyl groups is 1. The maximum absolute atomic E-state index is 13.1. The minimum absolute atomic E-state index is 0.117. The van der Waals surface area contributed by atoms with Gasteiger partial charge in [-0.2, -0.15) is 0 Å². The van der Waals surface area contributed by atoms with Crippen molar-refractivity contribution in [3.8, 4) is 11.3 Å². The van der Waals surface area contributed by atoms with Gasteiger partial charge >= 0.3 is 0 Å². The number of nitrogens with one attached hydrogen (secondary N) is 2. The van der Waals surface area contributed by atoms with Crippen LogP contribution in [-0.2, 0) is 6.54 Å². The van der Waals surface area contributed by atoms with E-state index in [9.17, 15) is 9.90 Å². The van der Waals surface area contributed by atoms with Gasteiger partial charge in [-0.25, -0.2) is 19.9 Å². The lowest BCUT2D eigenvalue weighted by Gasteiger charge is -2.23. The second kappa shape index (κ2) is 8.95. The highest BCUT2D eigenvalue weighted by molar-refractivity contribution is 5.93. The van der Waals surface area contributed by atoms with Gasteiger partial charge in [-0.3, -0.25) is 4.79 Å². The quantitative estimate of drug-likeness (QED) is 0.413. The fraction of sp³-hybridized carbons (Fsp3) is 0.292. The van der Waals surface area contributed by atoms with Gasteiger partial charge in [0.05, 0.1) is 17.7 Å². The molecule has 4 heterocycles. The number of hydrogen-bond acceptors (Lipinski definition) is 8. The van der Waals surface area contributed by atoms with Crippen molar-refractivity contribution in [2.75, 3.05) is 17.2 Å². The molecule has 0 aliphatic heterocycles. The Kier molecular flexibility index (Phi) is 6.06. The predicted octanol–water partition coefficient (Wildman–Crippen LogP) is 3.50. The molecule has 0 aromatic carbocycles. The van der Waals surface area contributed by atoms with E-state index in [0.717, 1.165) is 16.6 Å². The van der Waals surface area contributed by atoms with Crippen molar-refractivity contribution < 1.29 is 5.11 Å². The summed E-state index contributed by atoms with van der Waals surface area (Å²) in [6.07, 6.45) is 5.12. The van der Waals surface area contributed by atoms with E-state index in [1.807, 2.05) is 58.0 Å². The van der Waals surface area contributed by atoms with E-state index in [2.05, 4.69) is 25.6 Å². The third-order valence-electron chi connectivity index (χ3n) is 4.88. The van der Waals surface area contributed by atoms with E-state index < -0.39 is 0 Å². The predicted molar refractivity (Wildman–Crippen MR) is 130 cm³/mol. The maximum Gasteiger partial charge on any atom is 0.262 e. The highest BCUT2D eigenvalue weighted by atomic mass is 16.3. The summed E-state index contributed by atoms with van der Waals surface area (Å²) in [5, 5.41) is 17.1. The molecule has 9 heteroatoms. The molecule has 0 radical (unpaired) electrons. The molecule has 0 bridgehead atoms. The number of rotatable bonds is 6. The lowest BCUT2D eigenvalue weighted by Crippen LogP contribution is -2.29. The molecule has 4 aromatic heterocycles. The van der Waals surface area contributed by atoms with Crippen molar-refractivity contribution in [1.82, 2.24) is 24.5 Å². The number of aryl methyl sites for hydroxylation is 1. The molecule has 0 aliphatic rings. The van der Waals surface area contributed by atoms with Crippen molar-refractivity contribution in [3.05, 3.63) is 65.1 Å². The Bertz CT molecular complexity index is 1360. The van der Waals surface area contributed by atoms with Gasteiger partial charge in [0.15, 0.2) is 0 Å². The smallest absolute Gasteiger partial charge is 0.262 e. The first-order valence-electron chi connectivity index (χ1n) is 10.7. The van der Waals surface area contributed by atoms with E-state index in [-0.39, 0.29) is 24.2 Å². The molecule has 0 unspecified atom stereocenters. The van der Waals surface area contributed by atoms with E-state index in [1.165, 1.54) is 4.57 Å². The summed E-state index contributed by atoms with van der Waals surface area (Å²) in [4.78, 5) is 30.8. The molecule has 170 valence electrons. The van der Waals surface area contributed by atoms with Gasteiger partial charge in [-0.1, -0.05) is 0 Å². The Labute approximate surface area is 191 Å². The molecular weight excluding hydrogens is 418 g/mol. The monoisotopic (exact) mass is 445 g/mol. The van der Waals surface area contributed by atoms with Crippen LogP contribution < -0.4 is 16.2 Å². The van der Waals surface area contributed by atoms with Gasteiger partial charge in [0.2, 0.25) is 0 Å². The Balaban J connectivity index is 1.76. The number of pyridine rings is 3. The van der Waals surface area contributed by atoms with Crippen LogP contribution in [0.2, 0.25) is 0 Å². The zero-order valence-electron chi connectivity index (χ0n) is 19.1. The average Bonchev–Trinajstić information content (AvgIpc) is 2.75. The normalized spacial score (nSPS) is 11.5. The number of fused-ring (bicyclic) bond motifs is 1. The second-order valence-electron chi connectivity index (χ2n) is 8.78. The molecule has 3 N–H and O–H groups in total. The number of aromatic nitrogens is 5. The number of aliphatic hydroxyl groups excluding tert-OH is 1. The Morgan fingerprint density at radius 1 is 1.03 bits per heavy atom. The SMILES string of the molecule is Cc1nccc(-c2ccnc(Nc3cc4ccn(CCO)c(=O)c4c(NC(C)(C)C)n3)c2)n1. The first-order chi connectivity index (χ1) is 15.7. The van der Waals surface area contributed by atoms with E-state index in [4.69, 9.17) is 4.98 Å². The number of anilines is 3. The van der Waals surface area contributed by atoms with Crippen LogP contribution in [0, 0.1) is 6.92 Å². The van der Waals surface area contributed by atoms with Gasteiger partial charge in [-0.05, 0) is 63.4 Å². The third-order valence-corrected chi connectivity index (χ3v) is 4.88. The molecule has 0 amide bonds. The van der Waals surface area contributed by atoms with Gasteiger partial charge in [0.1, 0.15) is 23.3 Å². The molecular formula is C24H27N7O2. The molecule has 0 saturated heterocycles. The Morgan fingerprint density at radius 3 is 2.55 bits per heavy atom. The lowest BCUT2D eigenvalue weighted by atomic mass is 10.1. The summed E-state index contributed by atoms with van der Waals surface area (Å²) in [6.45, 7) is 7.97. The fourth-order valence-corrected chi connectivity index (χ4v) is 3.50. The standard InChI is InChI=1S/C24H27N7O2/c1-15-25-9-6-18(27-15)16-5-8-26-19(13-16)28-20-14-17-7-10-31(11-12-32)23(33)21(17)22(29-20)30-24(2,3)4/h5-10,13-14,32H,11-12H2,1-4H3,(H2,26,28,29,30). The van der Waals surface area contributed by atoms with Crippen LogP contribution in [0.25, 0.3) is 22.0 Å². The van der Waals surface area contributed by atoms with E-state index in [0.29, 0.717) is 28.7 Å². The van der Waals surface area contributed by atoms with E-state index in [1.54, 1.807) is 18.6 Å². The first kappa shape index (κ1) is 22.3. The molecule has 0 spiro atoms. The van der Waals surface area contributed by atoms with Crippen LogP contribution in [-0.4, -0.2) is 41.8 Å². The minimum atomic E-state index is -0.314. The molecule has 0 fully saturated rings. The summed E-state index contributed by atoms with van der Waals surface area (Å²) in [5.41, 5.74) is 1.19. The molecule has 33 heavy (non-hydrogen) atoms. The van der Waals surface area contributed by atoms with Gasteiger partial charge in [0.25, 0.3) is 5.56 Å². The number of nitrogens with zero attached hydrogens (tertiary/aromatic N) is 5. The summed E-state index contributed by atoms with van der Waals surface area (Å²) < 4.78 is 1.49. The summed E-state index contributed by atoms with van der Waals surface area (Å²) in [6, 6.07) is 9.29. The van der Waals surface area contributed by atoms with Gasteiger partial charge in [-0.15, -0.1) is 0 Å².